The van der Waals surface area contributed by atoms with Crippen LogP contribution in [0.4, 0.5) is 0 Å². The minimum absolute atomic E-state index is 0.0359. The molecular weight excluding hydrogens is 320 g/mol. The largest absolute Gasteiger partial charge is 0.356 e. The van der Waals surface area contributed by atoms with Gasteiger partial charge in [-0.15, -0.1) is 11.3 Å². The summed E-state index contributed by atoms with van der Waals surface area (Å²) in [6.07, 6.45) is 0.831. The van der Waals surface area contributed by atoms with E-state index in [0.29, 0.717) is 12.1 Å². The van der Waals surface area contributed by atoms with Crippen molar-refractivity contribution in [3.63, 3.8) is 0 Å². The monoisotopic (exact) mass is 344 g/mol. The average molecular weight is 344 g/mol. The number of aliphatic imine (C=N–C) groups is 1. The second-order valence-corrected chi connectivity index (χ2v) is 6.36. The van der Waals surface area contributed by atoms with Gasteiger partial charge < -0.3 is 16.0 Å². The zero-order valence-electron chi connectivity index (χ0n) is 14.1. The van der Waals surface area contributed by atoms with Crippen LogP contribution in [0.2, 0.25) is 0 Å². The Morgan fingerprint density at radius 2 is 1.83 bits per heavy atom. The average Bonchev–Trinajstić information content (AvgIpc) is 3.03. The Kier molecular flexibility index (Phi) is 7.29. The first kappa shape index (κ1) is 18.0. The molecule has 1 aromatic heterocycles. The molecule has 0 fully saturated rings. The molecule has 0 saturated heterocycles. The number of amides is 1. The van der Waals surface area contributed by atoms with Gasteiger partial charge in [0.1, 0.15) is 0 Å². The van der Waals surface area contributed by atoms with Crippen LogP contribution in [0.1, 0.15) is 27.2 Å². The number of guanidine groups is 1. The van der Waals surface area contributed by atoms with Crippen molar-refractivity contribution in [2.75, 3.05) is 20.1 Å². The molecule has 0 atom stereocenters. The van der Waals surface area contributed by atoms with E-state index in [2.05, 4.69) is 39.3 Å². The summed E-state index contributed by atoms with van der Waals surface area (Å²) in [5.74, 6) is 0.739. The molecule has 1 heterocycles. The van der Waals surface area contributed by atoms with E-state index in [1.54, 1.807) is 18.4 Å². The van der Waals surface area contributed by atoms with Crippen LogP contribution in [0.3, 0.4) is 0 Å². The van der Waals surface area contributed by atoms with E-state index in [-0.39, 0.29) is 5.91 Å². The van der Waals surface area contributed by atoms with E-state index in [1.807, 2.05) is 30.3 Å². The third-order valence-electron chi connectivity index (χ3n) is 3.58. The lowest BCUT2D eigenvalue weighted by Gasteiger charge is -2.12. The molecule has 6 heteroatoms. The van der Waals surface area contributed by atoms with Crippen molar-refractivity contribution in [2.24, 2.45) is 4.99 Å². The Hall–Kier alpha value is -2.34. The number of aryl methyl sites for hydroxylation is 1. The van der Waals surface area contributed by atoms with Gasteiger partial charge in [0.15, 0.2) is 5.96 Å². The lowest BCUT2D eigenvalue weighted by atomic mass is 10.2. The second-order valence-electron chi connectivity index (χ2n) is 5.35. The number of nitrogens with one attached hydrogen (secondary N) is 3. The molecule has 1 amide bonds. The van der Waals surface area contributed by atoms with Crippen LogP contribution in [-0.4, -0.2) is 32.0 Å². The third-order valence-corrected chi connectivity index (χ3v) is 4.60. The van der Waals surface area contributed by atoms with Gasteiger partial charge in [0, 0.05) is 30.6 Å². The standard InChI is InChI=1S/C18H24N4OS/c1-14-9-12-24-16(14)13-22-18(19-2)21-11-6-10-20-17(23)15-7-4-3-5-8-15/h3-5,7-9,12H,6,10-11,13H2,1-2H3,(H,20,23)(H2,19,21,22). The third kappa shape index (κ3) is 5.70. The molecule has 0 aliphatic rings. The first-order valence-corrected chi connectivity index (χ1v) is 8.89. The summed E-state index contributed by atoms with van der Waals surface area (Å²) in [5.41, 5.74) is 1.99. The maximum absolute atomic E-state index is 11.9. The Morgan fingerprint density at radius 1 is 1.08 bits per heavy atom. The van der Waals surface area contributed by atoms with Crippen LogP contribution < -0.4 is 16.0 Å². The van der Waals surface area contributed by atoms with E-state index < -0.39 is 0 Å². The van der Waals surface area contributed by atoms with Crippen molar-refractivity contribution in [3.8, 4) is 0 Å². The molecule has 0 aliphatic heterocycles. The van der Waals surface area contributed by atoms with Gasteiger partial charge in [-0.05, 0) is 42.5 Å². The molecule has 0 radical (unpaired) electrons. The first-order valence-electron chi connectivity index (χ1n) is 8.01. The minimum Gasteiger partial charge on any atom is -0.356 e. The maximum Gasteiger partial charge on any atom is 0.251 e. The number of carbonyl (C=O) groups is 1. The lowest BCUT2D eigenvalue weighted by Crippen LogP contribution is -2.38. The van der Waals surface area contributed by atoms with Crippen LogP contribution in [0.5, 0.6) is 0 Å². The summed E-state index contributed by atoms with van der Waals surface area (Å²) in [7, 11) is 1.76. The van der Waals surface area contributed by atoms with Crippen LogP contribution >= 0.6 is 11.3 Å². The molecule has 0 saturated carbocycles. The second kappa shape index (κ2) is 9.72. The number of carbonyl (C=O) groups excluding carboxylic acids is 1. The van der Waals surface area contributed by atoms with E-state index in [0.717, 1.165) is 25.5 Å². The fraction of sp³-hybridized carbons (Fsp3) is 0.333. The van der Waals surface area contributed by atoms with Crippen LogP contribution in [0.15, 0.2) is 46.8 Å². The quantitative estimate of drug-likeness (QED) is 0.411. The number of benzene rings is 1. The molecule has 0 aliphatic carbocycles. The molecule has 0 unspecified atom stereocenters. The highest BCUT2D eigenvalue weighted by molar-refractivity contribution is 7.10. The van der Waals surface area contributed by atoms with E-state index in [4.69, 9.17) is 0 Å². The summed E-state index contributed by atoms with van der Waals surface area (Å²) in [4.78, 5) is 17.4. The van der Waals surface area contributed by atoms with Crippen molar-refractivity contribution in [3.05, 3.63) is 57.8 Å². The molecule has 24 heavy (non-hydrogen) atoms. The summed E-state index contributed by atoms with van der Waals surface area (Å²) < 4.78 is 0. The smallest absolute Gasteiger partial charge is 0.251 e. The predicted molar refractivity (Wildman–Crippen MR) is 101 cm³/mol. The highest BCUT2D eigenvalue weighted by Crippen LogP contribution is 2.14. The van der Waals surface area contributed by atoms with Gasteiger partial charge in [-0.1, -0.05) is 18.2 Å². The van der Waals surface area contributed by atoms with Crippen molar-refractivity contribution >= 4 is 23.2 Å². The SMILES string of the molecule is CN=C(NCCCNC(=O)c1ccccc1)NCc1sccc1C. The Morgan fingerprint density at radius 3 is 2.50 bits per heavy atom. The number of hydrogen-bond acceptors (Lipinski definition) is 3. The first-order chi connectivity index (χ1) is 11.7. The Balaban J connectivity index is 1.62. The molecule has 2 aromatic rings. The van der Waals surface area contributed by atoms with Gasteiger partial charge in [0.25, 0.3) is 5.91 Å². The summed E-state index contributed by atoms with van der Waals surface area (Å²) >= 11 is 1.74. The highest BCUT2D eigenvalue weighted by atomic mass is 32.1. The minimum atomic E-state index is -0.0359. The summed E-state index contributed by atoms with van der Waals surface area (Å²) in [5, 5.41) is 11.6. The normalized spacial score (nSPS) is 11.2. The topological polar surface area (TPSA) is 65.5 Å². The summed E-state index contributed by atoms with van der Waals surface area (Å²) in [6, 6.07) is 11.4. The fourth-order valence-corrected chi connectivity index (χ4v) is 3.00. The van der Waals surface area contributed by atoms with Crippen LogP contribution in [0, 0.1) is 6.92 Å². The lowest BCUT2D eigenvalue weighted by molar-refractivity contribution is 0.0953. The van der Waals surface area contributed by atoms with Gasteiger partial charge in [-0.2, -0.15) is 0 Å². The molecule has 1 aromatic carbocycles. The zero-order chi connectivity index (χ0) is 17.2. The predicted octanol–water partition coefficient (Wildman–Crippen LogP) is 2.54. The number of rotatable bonds is 7. The maximum atomic E-state index is 11.9. The highest BCUT2D eigenvalue weighted by Gasteiger charge is 2.04. The number of thiophene rings is 1. The van der Waals surface area contributed by atoms with Crippen molar-refractivity contribution < 1.29 is 4.79 Å². The summed E-state index contributed by atoms with van der Waals surface area (Å²) in [6.45, 7) is 4.26. The van der Waals surface area contributed by atoms with Gasteiger partial charge in [-0.25, -0.2) is 0 Å². The molecule has 3 N–H and O–H groups in total. The van der Waals surface area contributed by atoms with E-state index in [9.17, 15) is 4.79 Å². The fourth-order valence-electron chi connectivity index (χ4n) is 2.16. The van der Waals surface area contributed by atoms with Crippen LogP contribution in [-0.2, 0) is 6.54 Å². The molecule has 0 bridgehead atoms. The number of hydrogen-bond donors (Lipinski definition) is 3. The van der Waals surface area contributed by atoms with Crippen molar-refractivity contribution in [1.82, 2.24) is 16.0 Å². The van der Waals surface area contributed by atoms with E-state index >= 15 is 0 Å². The van der Waals surface area contributed by atoms with Gasteiger partial charge in [0.05, 0.1) is 6.54 Å². The molecule has 0 spiro atoms. The van der Waals surface area contributed by atoms with Crippen LogP contribution in [0.25, 0.3) is 0 Å². The van der Waals surface area contributed by atoms with Gasteiger partial charge in [0.2, 0.25) is 0 Å². The zero-order valence-corrected chi connectivity index (χ0v) is 15.0. The molecular formula is C18H24N4OS. The van der Waals surface area contributed by atoms with Crippen molar-refractivity contribution in [1.29, 1.82) is 0 Å². The Bertz CT molecular complexity index is 667. The number of nitrogens with zero attached hydrogens (tertiary/aromatic N) is 1. The molecule has 2 rings (SSSR count). The molecule has 5 nitrogen and oxygen atoms in total. The van der Waals surface area contributed by atoms with Gasteiger partial charge in [-0.3, -0.25) is 9.79 Å². The van der Waals surface area contributed by atoms with Gasteiger partial charge >= 0.3 is 0 Å². The van der Waals surface area contributed by atoms with E-state index in [1.165, 1.54) is 10.4 Å². The Labute approximate surface area is 147 Å². The molecule has 128 valence electrons. The van der Waals surface area contributed by atoms with Crippen molar-refractivity contribution in [2.45, 2.75) is 19.9 Å².